The highest BCUT2D eigenvalue weighted by Gasteiger charge is 2.17. The number of carbonyl (C=O) groups is 1. The molecule has 112 valence electrons. The Bertz CT molecular complexity index is 612. The van der Waals surface area contributed by atoms with E-state index in [1.807, 2.05) is 31.2 Å². The fourth-order valence-corrected chi connectivity index (χ4v) is 1.98. The van der Waals surface area contributed by atoms with Gasteiger partial charge in [-0.3, -0.25) is 4.79 Å². The van der Waals surface area contributed by atoms with Gasteiger partial charge in [-0.1, -0.05) is 31.5 Å². The van der Waals surface area contributed by atoms with Crippen LogP contribution in [0.2, 0.25) is 0 Å². The Hall–Kier alpha value is -2.10. The van der Waals surface area contributed by atoms with Gasteiger partial charge in [-0.15, -0.1) is 0 Å². The van der Waals surface area contributed by atoms with Crippen LogP contribution in [0.3, 0.4) is 0 Å². The van der Waals surface area contributed by atoms with Crippen LogP contribution >= 0.6 is 0 Å². The van der Waals surface area contributed by atoms with Crippen molar-refractivity contribution < 1.29 is 9.21 Å². The first-order valence-electron chi connectivity index (χ1n) is 7.30. The van der Waals surface area contributed by atoms with E-state index in [2.05, 4.69) is 24.1 Å². The predicted octanol–water partition coefficient (Wildman–Crippen LogP) is 3.73. The van der Waals surface area contributed by atoms with Crippen molar-refractivity contribution in [3.63, 3.8) is 0 Å². The SMILES string of the molecule is Cc1ccc(-c2nc(C(=O)NCCC(C)C)c(C)o2)cc1. The van der Waals surface area contributed by atoms with Crippen molar-refractivity contribution in [1.82, 2.24) is 10.3 Å². The van der Waals surface area contributed by atoms with Gasteiger partial charge in [0.15, 0.2) is 5.69 Å². The molecule has 0 spiro atoms. The number of amides is 1. The van der Waals surface area contributed by atoms with Crippen molar-refractivity contribution in [2.75, 3.05) is 6.54 Å². The molecule has 0 unspecified atom stereocenters. The molecule has 4 heteroatoms. The van der Waals surface area contributed by atoms with Crippen LogP contribution in [-0.4, -0.2) is 17.4 Å². The first-order valence-corrected chi connectivity index (χ1v) is 7.30. The molecule has 0 radical (unpaired) electrons. The third-order valence-corrected chi connectivity index (χ3v) is 3.32. The van der Waals surface area contributed by atoms with Gasteiger partial charge >= 0.3 is 0 Å². The van der Waals surface area contributed by atoms with Crippen LogP contribution in [0.1, 0.15) is 42.1 Å². The first kappa shape index (κ1) is 15.3. The molecule has 1 aromatic carbocycles. The Labute approximate surface area is 125 Å². The average molecular weight is 286 g/mol. The van der Waals surface area contributed by atoms with Crippen LogP contribution in [0.5, 0.6) is 0 Å². The molecule has 1 N–H and O–H groups in total. The van der Waals surface area contributed by atoms with Gasteiger partial charge in [0.2, 0.25) is 5.89 Å². The number of carbonyl (C=O) groups excluding carboxylic acids is 1. The van der Waals surface area contributed by atoms with Crippen molar-refractivity contribution in [3.05, 3.63) is 41.3 Å². The molecule has 0 bridgehead atoms. The number of oxazole rings is 1. The molecule has 0 aliphatic rings. The van der Waals surface area contributed by atoms with Gasteiger partial charge in [-0.2, -0.15) is 0 Å². The summed E-state index contributed by atoms with van der Waals surface area (Å²) in [5.74, 6) is 1.43. The lowest BCUT2D eigenvalue weighted by Gasteiger charge is -2.05. The van der Waals surface area contributed by atoms with E-state index in [-0.39, 0.29) is 5.91 Å². The number of nitrogens with zero attached hydrogens (tertiary/aromatic N) is 1. The largest absolute Gasteiger partial charge is 0.441 e. The van der Waals surface area contributed by atoms with Gasteiger partial charge in [-0.25, -0.2) is 4.98 Å². The number of rotatable bonds is 5. The zero-order valence-corrected chi connectivity index (χ0v) is 13.1. The second kappa shape index (κ2) is 6.57. The second-order valence-electron chi connectivity index (χ2n) is 5.73. The fraction of sp³-hybridized carbons (Fsp3) is 0.412. The van der Waals surface area contributed by atoms with Crippen LogP contribution in [0, 0.1) is 19.8 Å². The van der Waals surface area contributed by atoms with E-state index in [9.17, 15) is 4.79 Å². The average Bonchev–Trinajstić information content (AvgIpc) is 2.81. The summed E-state index contributed by atoms with van der Waals surface area (Å²) < 4.78 is 5.62. The Morgan fingerprint density at radius 2 is 1.90 bits per heavy atom. The quantitative estimate of drug-likeness (QED) is 0.911. The van der Waals surface area contributed by atoms with Crippen LogP contribution in [0.4, 0.5) is 0 Å². The molecular weight excluding hydrogens is 264 g/mol. The van der Waals surface area contributed by atoms with Crippen LogP contribution in [-0.2, 0) is 0 Å². The van der Waals surface area contributed by atoms with E-state index in [4.69, 9.17) is 4.42 Å². The molecule has 1 aromatic heterocycles. The van der Waals surface area contributed by atoms with Crippen LogP contribution < -0.4 is 5.32 Å². The zero-order valence-electron chi connectivity index (χ0n) is 13.1. The van der Waals surface area contributed by atoms with Gasteiger partial charge in [0, 0.05) is 12.1 Å². The molecule has 0 aliphatic heterocycles. The van der Waals surface area contributed by atoms with Crippen molar-refractivity contribution in [3.8, 4) is 11.5 Å². The van der Waals surface area contributed by atoms with E-state index in [1.54, 1.807) is 6.92 Å². The predicted molar refractivity (Wildman–Crippen MR) is 83.2 cm³/mol. The normalized spacial score (nSPS) is 10.9. The standard InChI is InChI=1S/C17H22N2O2/c1-11(2)9-10-18-16(20)15-13(4)21-17(19-15)14-7-5-12(3)6-8-14/h5-8,11H,9-10H2,1-4H3,(H,18,20). The topological polar surface area (TPSA) is 55.1 Å². The highest BCUT2D eigenvalue weighted by molar-refractivity contribution is 5.93. The summed E-state index contributed by atoms with van der Waals surface area (Å²) in [6, 6.07) is 7.89. The highest BCUT2D eigenvalue weighted by Crippen LogP contribution is 2.22. The maximum Gasteiger partial charge on any atom is 0.273 e. The van der Waals surface area contributed by atoms with E-state index < -0.39 is 0 Å². The van der Waals surface area contributed by atoms with Crippen molar-refractivity contribution in [1.29, 1.82) is 0 Å². The molecule has 0 saturated carbocycles. The van der Waals surface area contributed by atoms with Gasteiger partial charge in [0.05, 0.1) is 0 Å². The molecule has 21 heavy (non-hydrogen) atoms. The van der Waals surface area contributed by atoms with E-state index in [1.165, 1.54) is 5.56 Å². The molecule has 1 amide bonds. The maximum atomic E-state index is 12.1. The van der Waals surface area contributed by atoms with Crippen molar-refractivity contribution in [2.45, 2.75) is 34.1 Å². The summed E-state index contributed by atoms with van der Waals surface area (Å²) in [6.45, 7) is 8.70. The molecule has 0 atom stereocenters. The summed E-state index contributed by atoms with van der Waals surface area (Å²) in [7, 11) is 0. The van der Waals surface area contributed by atoms with Gasteiger partial charge in [0.25, 0.3) is 5.91 Å². The Morgan fingerprint density at radius 1 is 1.24 bits per heavy atom. The molecular formula is C17H22N2O2. The molecule has 2 rings (SSSR count). The minimum atomic E-state index is -0.171. The number of hydrogen-bond acceptors (Lipinski definition) is 3. The Balaban J connectivity index is 2.11. The molecule has 2 aromatic rings. The number of nitrogens with one attached hydrogen (secondary N) is 1. The smallest absolute Gasteiger partial charge is 0.273 e. The highest BCUT2D eigenvalue weighted by atomic mass is 16.4. The van der Waals surface area contributed by atoms with Crippen molar-refractivity contribution in [2.24, 2.45) is 5.92 Å². The molecule has 1 heterocycles. The molecule has 4 nitrogen and oxygen atoms in total. The number of aromatic nitrogens is 1. The van der Waals surface area contributed by atoms with E-state index in [0.717, 1.165) is 12.0 Å². The third-order valence-electron chi connectivity index (χ3n) is 3.32. The minimum absolute atomic E-state index is 0.171. The fourth-order valence-electron chi connectivity index (χ4n) is 1.98. The monoisotopic (exact) mass is 286 g/mol. The van der Waals surface area contributed by atoms with Gasteiger partial charge < -0.3 is 9.73 Å². The van der Waals surface area contributed by atoms with Crippen LogP contribution in [0.15, 0.2) is 28.7 Å². The lowest BCUT2D eigenvalue weighted by atomic mass is 10.1. The van der Waals surface area contributed by atoms with Gasteiger partial charge in [-0.05, 0) is 38.3 Å². The number of hydrogen-bond donors (Lipinski definition) is 1. The number of aryl methyl sites for hydroxylation is 2. The van der Waals surface area contributed by atoms with E-state index >= 15 is 0 Å². The van der Waals surface area contributed by atoms with Crippen molar-refractivity contribution >= 4 is 5.91 Å². The lowest BCUT2D eigenvalue weighted by Crippen LogP contribution is -2.26. The summed E-state index contributed by atoms with van der Waals surface area (Å²) in [5, 5.41) is 2.88. The summed E-state index contributed by atoms with van der Waals surface area (Å²) >= 11 is 0. The van der Waals surface area contributed by atoms with Crippen LogP contribution in [0.25, 0.3) is 11.5 Å². The summed E-state index contributed by atoms with van der Waals surface area (Å²) in [6.07, 6.45) is 0.952. The molecule has 0 fully saturated rings. The molecule has 0 aliphatic carbocycles. The third kappa shape index (κ3) is 3.94. The molecule has 0 saturated heterocycles. The Kier molecular flexibility index (Phi) is 4.78. The maximum absolute atomic E-state index is 12.1. The zero-order chi connectivity index (χ0) is 15.4. The lowest BCUT2D eigenvalue weighted by molar-refractivity contribution is 0.0946. The second-order valence-corrected chi connectivity index (χ2v) is 5.73. The number of benzene rings is 1. The Morgan fingerprint density at radius 3 is 2.52 bits per heavy atom. The summed E-state index contributed by atoms with van der Waals surface area (Å²) in [4.78, 5) is 16.4. The minimum Gasteiger partial charge on any atom is -0.441 e. The van der Waals surface area contributed by atoms with Gasteiger partial charge in [0.1, 0.15) is 5.76 Å². The van der Waals surface area contributed by atoms with E-state index in [0.29, 0.717) is 29.8 Å². The summed E-state index contributed by atoms with van der Waals surface area (Å²) in [5.41, 5.74) is 2.42. The first-order chi connectivity index (χ1) is 9.97.